The molecular formula is C13H25N3O. The number of aromatic nitrogens is 2. The van der Waals surface area contributed by atoms with Crippen molar-refractivity contribution in [3.63, 3.8) is 0 Å². The molecule has 1 aromatic rings. The summed E-state index contributed by atoms with van der Waals surface area (Å²) in [4.78, 5) is 0. The van der Waals surface area contributed by atoms with Crippen LogP contribution in [0.3, 0.4) is 0 Å². The first-order valence-electron chi connectivity index (χ1n) is 6.61. The summed E-state index contributed by atoms with van der Waals surface area (Å²) >= 11 is 0. The molecule has 98 valence electrons. The van der Waals surface area contributed by atoms with Crippen LogP contribution in [0.2, 0.25) is 0 Å². The van der Waals surface area contributed by atoms with E-state index in [0.29, 0.717) is 0 Å². The molecule has 0 saturated carbocycles. The number of ether oxygens (including phenoxy) is 1. The van der Waals surface area contributed by atoms with Crippen LogP contribution in [-0.2, 0) is 11.3 Å². The molecule has 2 unspecified atom stereocenters. The molecule has 0 aliphatic heterocycles. The summed E-state index contributed by atoms with van der Waals surface area (Å²) in [5.74, 6) is 0. The zero-order valence-corrected chi connectivity index (χ0v) is 11.4. The van der Waals surface area contributed by atoms with E-state index in [0.717, 1.165) is 26.1 Å². The van der Waals surface area contributed by atoms with E-state index in [-0.39, 0.29) is 12.1 Å². The van der Waals surface area contributed by atoms with Crippen molar-refractivity contribution in [3.05, 3.63) is 18.0 Å². The summed E-state index contributed by atoms with van der Waals surface area (Å²) in [6.45, 7) is 11.1. The van der Waals surface area contributed by atoms with Gasteiger partial charge in [0.05, 0.1) is 17.8 Å². The zero-order chi connectivity index (χ0) is 12.7. The summed E-state index contributed by atoms with van der Waals surface area (Å²) in [6.07, 6.45) is 3.14. The van der Waals surface area contributed by atoms with Gasteiger partial charge in [0.15, 0.2) is 0 Å². The van der Waals surface area contributed by atoms with Crippen LogP contribution in [-0.4, -0.2) is 29.0 Å². The Hall–Kier alpha value is -0.870. The summed E-state index contributed by atoms with van der Waals surface area (Å²) < 4.78 is 7.75. The predicted molar refractivity (Wildman–Crippen MR) is 70.0 cm³/mol. The Labute approximate surface area is 104 Å². The van der Waals surface area contributed by atoms with Gasteiger partial charge in [0, 0.05) is 19.3 Å². The first kappa shape index (κ1) is 14.2. The molecule has 1 N–H and O–H groups in total. The van der Waals surface area contributed by atoms with Gasteiger partial charge in [-0.05, 0) is 39.8 Å². The van der Waals surface area contributed by atoms with Crippen LogP contribution >= 0.6 is 0 Å². The Morgan fingerprint density at radius 3 is 2.76 bits per heavy atom. The fraction of sp³-hybridized carbons (Fsp3) is 0.769. The van der Waals surface area contributed by atoms with Crippen molar-refractivity contribution in [2.45, 2.75) is 52.8 Å². The van der Waals surface area contributed by atoms with Crippen molar-refractivity contribution in [3.8, 4) is 0 Å². The van der Waals surface area contributed by atoms with E-state index in [1.807, 2.05) is 17.8 Å². The lowest BCUT2D eigenvalue weighted by molar-refractivity contribution is 0.0449. The third-order valence-corrected chi connectivity index (χ3v) is 2.88. The molecule has 4 nitrogen and oxygen atoms in total. The molecule has 2 atom stereocenters. The smallest absolute Gasteiger partial charge is 0.0756 e. The molecule has 0 bridgehead atoms. The van der Waals surface area contributed by atoms with E-state index in [1.165, 1.54) is 5.69 Å². The molecule has 1 heterocycles. The van der Waals surface area contributed by atoms with Gasteiger partial charge >= 0.3 is 0 Å². The Morgan fingerprint density at radius 2 is 2.18 bits per heavy atom. The number of nitrogens with one attached hydrogen (secondary N) is 1. The fourth-order valence-corrected chi connectivity index (χ4v) is 2.04. The minimum atomic E-state index is 0.161. The molecule has 0 aromatic carbocycles. The number of rotatable bonds is 8. The highest BCUT2D eigenvalue weighted by molar-refractivity contribution is 5.09. The van der Waals surface area contributed by atoms with Gasteiger partial charge in [-0.25, -0.2) is 0 Å². The van der Waals surface area contributed by atoms with Crippen LogP contribution < -0.4 is 5.32 Å². The van der Waals surface area contributed by atoms with Gasteiger partial charge in [-0.3, -0.25) is 4.68 Å². The van der Waals surface area contributed by atoms with Crippen molar-refractivity contribution < 1.29 is 4.74 Å². The fourth-order valence-electron chi connectivity index (χ4n) is 2.04. The molecule has 0 radical (unpaired) electrons. The molecule has 17 heavy (non-hydrogen) atoms. The molecule has 0 spiro atoms. The highest BCUT2D eigenvalue weighted by atomic mass is 16.5. The summed E-state index contributed by atoms with van der Waals surface area (Å²) in [5, 5.41) is 7.87. The molecule has 0 aliphatic rings. The quantitative estimate of drug-likeness (QED) is 0.757. The standard InChI is InChI=1S/C13H25N3O/c1-5-9-14-13(11(4)17-7-3)12-8-10-15-16(12)6-2/h8,10-11,13-14H,5-7,9H2,1-4H3. The summed E-state index contributed by atoms with van der Waals surface area (Å²) in [6, 6.07) is 2.30. The molecule has 1 aromatic heterocycles. The lowest BCUT2D eigenvalue weighted by Gasteiger charge is -2.25. The maximum absolute atomic E-state index is 5.72. The van der Waals surface area contributed by atoms with Gasteiger partial charge in [0.1, 0.15) is 0 Å². The first-order valence-corrected chi connectivity index (χ1v) is 6.61. The second-order valence-corrected chi connectivity index (χ2v) is 4.16. The topological polar surface area (TPSA) is 39.1 Å². The molecule has 4 heteroatoms. The normalized spacial score (nSPS) is 14.8. The Morgan fingerprint density at radius 1 is 1.41 bits per heavy atom. The largest absolute Gasteiger partial charge is 0.377 e. The third kappa shape index (κ3) is 3.82. The molecule has 0 fully saturated rings. The van der Waals surface area contributed by atoms with Crippen LogP contribution in [0.1, 0.15) is 45.9 Å². The van der Waals surface area contributed by atoms with Crippen LogP contribution in [0.15, 0.2) is 12.3 Å². The van der Waals surface area contributed by atoms with Crippen molar-refractivity contribution in [1.29, 1.82) is 0 Å². The Balaban J connectivity index is 2.81. The van der Waals surface area contributed by atoms with Crippen molar-refractivity contribution >= 4 is 0 Å². The van der Waals surface area contributed by atoms with E-state index in [4.69, 9.17) is 4.74 Å². The lowest BCUT2D eigenvalue weighted by Crippen LogP contribution is -2.34. The average Bonchev–Trinajstić information content (AvgIpc) is 2.78. The monoisotopic (exact) mass is 239 g/mol. The first-order chi connectivity index (χ1) is 8.24. The van der Waals surface area contributed by atoms with E-state index < -0.39 is 0 Å². The minimum Gasteiger partial charge on any atom is -0.377 e. The molecule has 1 rings (SSSR count). The summed E-state index contributed by atoms with van der Waals surface area (Å²) in [7, 11) is 0. The van der Waals surface area contributed by atoms with Crippen LogP contribution in [0.25, 0.3) is 0 Å². The van der Waals surface area contributed by atoms with Gasteiger partial charge in [0.2, 0.25) is 0 Å². The van der Waals surface area contributed by atoms with Gasteiger partial charge in [-0.1, -0.05) is 6.92 Å². The van der Waals surface area contributed by atoms with E-state index in [9.17, 15) is 0 Å². The van der Waals surface area contributed by atoms with Crippen molar-refractivity contribution in [2.75, 3.05) is 13.2 Å². The Kier molecular flexibility index (Phi) is 6.22. The van der Waals surface area contributed by atoms with Gasteiger partial charge in [-0.2, -0.15) is 5.10 Å². The second kappa shape index (κ2) is 7.45. The summed E-state index contributed by atoms with van der Waals surface area (Å²) in [5.41, 5.74) is 1.21. The van der Waals surface area contributed by atoms with Crippen molar-refractivity contribution in [1.82, 2.24) is 15.1 Å². The molecule has 0 aliphatic carbocycles. The van der Waals surface area contributed by atoms with E-state index in [2.05, 4.69) is 37.3 Å². The second-order valence-electron chi connectivity index (χ2n) is 4.16. The Bertz CT molecular complexity index is 311. The maximum Gasteiger partial charge on any atom is 0.0756 e. The third-order valence-electron chi connectivity index (χ3n) is 2.88. The predicted octanol–water partition coefficient (Wildman–Crippen LogP) is 2.37. The number of hydrogen-bond acceptors (Lipinski definition) is 3. The minimum absolute atomic E-state index is 0.161. The number of hydrogen-bond donors (Lipinski definition) is 1. The average molecular weight is 239 g/mol. The molecular weight excluding hydrogens is 214 g/mol. The van der Waals surface area contributed by atoms with Gasteiger partial charge < -0.3 is 10.1 Å². The van der Waals surface area contributed by atoms with Gasteiger partial charge in [-0.15, -0.1) is 0 Å². The zero-order valence-electron chi connectivity index (χ0n) is 11.4. The maximum atomic E-state index is 5.72. The van der Waals surface area contributed by atoms with Crippen molar-refractivity contribution in [2.24, 2.45) is 0 Å². The molecule has 0 saturated heterocycles. The highest BCUT2D eigenvalue weighted by Gasteiger charge is 2.21. The number of aryl methyl sites for hydroxylation is 1. The molecule has 0 amide bonds. The van der Waals surface area contributed by atoms with Crippen LogP contribution in [0.4, 0.5) is 0 Å². The van der Waals surface area contributed by atoms with Crippen LogP contribution in [0, 0.1) is 0 Å². The SMILES string of the molecule is CCCNC(c1ccnn1CC)C(C)OCC. The number of nitrogens with zero attached hydrogens (tertiary/aromatic N) is 2. The van der Waals surface area contributed by atoms with Crippen LogP contribution in [0.5, 0.6) is 0 Å². The lowest BCUT2D eigenvalue weighted by atomic mass is 10.1. The van der Waals surface area contributed by atoms with E-state index >= 15 is 0 Å². The van der Waals surface area contributed by atoms with E-state index in [1.54, 1.807) is 0 Å². The highest BCUT2D eigenvalue weighted by Crippen LogP contribution is 2.19. The van der Waals surface area contributed by atoms with Gasteiger partial charge in [0.25, 0.3) is 0 Å².